The highest BCUT2D eigenvalue weighted by Crippen LogP contribution is 2.12. The molecule has 2 rings (SSSR count). The molecule has 116 valence electrons. The lowest BCUT2D eigenvalue weighted by molar-refractivity contribution is -0.121. The number of halogens is 3. The van der Waals surface area contributed by atoms with Crippen molar-refractivity contribution >= 4 is 17.5 Å². The van der Waals surface area contributed by atoms with Gasteiger partial charge in [0.25, 0.3) is 0 Å². The molecule has 5 heteroatoms. The van der Waals surface area contributed by atoms with Gasteiger partial charge in [-0.05, 0) is 48.7 Å². The molecule has 0 bridgehead atoms. The third-order valence-corrected chi connectivity index (χ3v) is 3.52. The van der Waals surface area contributed by atoms with Gasteiger partial charge in [-0.2, -0.15) is 0 Å². The van der Waals surface area contributed by atoms with Crippen LogP contribution in [0.3, 0.4) is 0 Å². The molecule has 0 atom stereocenters. The molecule has 0 spiro atoms. The third-order valence-electron chi connectivity index (χ3n) is 3.27. The number of rotatable bonds is 6. The zero-order valence-corrected chi connectivity index (χ0v) is 12.7. The number of nitrogens with one attached hydrogen (secondary N) is 1. The average molecular weight is 324 g/mol. The lowest BCUT2D eigenvalue weighted by atomic mass is 10.1. The summed E-state index contributed by atoms with van der Waals surface area (Å²) in [4.78, 5) is 11.7. The zero-order valence-electron chi connectivity index (χ0n) is 11.9. The normalized spacial score (nSPS) is 10.5. The van der Waals surface area contributed by atoms with E-state index in [-0.39, 0.29) is 18.0 Å². The topological polar surface area (TPSA) is 29.1 Å². The summed E-state index contributed by atoms with van der Waals surface area (Å²) < 4.78 is 26.4. The Hall–Kier alpha value is -1.94. The number of carbonyl (C=O) groups excluding carboxylic acids is 1. The van der Waals surface area contributed by atoms with E-state index in [2.05, 4.69) is 5.32 Å². The van der Waals surface area contributed by atoms with E-state index in [1.54, 1.807) is 0 Å². The second kappa shape index (κ2) is 7.90. The first-order valence-electron chi connectivity index (χ1n) is 6.99. The number of amides is 1. The molecule has 0 aromatic heterocycles. The molecule has 0 heterocycles. The molecule has 0 aliphatic carbocycles. The molecular formula is C17H16ClF2NO. The van der Waals surface area contributed by atoms with Crippen LogP contribution >= 0.6 is 11.6 Å². The highest BCUT2D eigenvalue weighted by molar-refractivity contribution is 6.30. The van der Waals surface area contributed by atoms with Crippen LogP contribution in [-0.2, 0) is 17.8 Å². The number of hydrogen-bond donors (Lipinski definition) is 1. The van der Waals surface area contributed by atoms with Crippen molar-refractivity contribution in [1.82, 2.24) is 5.32 Å². The Kier molecular flexibility index (Phi) is 5.90. The molecule has 0 fully saturated rings. The van der Waals surface area contributed by atoms with E-state index < -0.39 is 11.6 Å². The van der Waals surface area contributed by atoms with Gasteiger partial charge in [0.05, 0.1) is 0 Å². The highest BCUT2D eigenvalue weighted by Gasteiger charge is 2.06. The smallest absolute Gasteiger partial charge is 0.220 e. The van der Waals surface area contributed by atoms with Crippen molar-refractivity contribution in [3.05, 3.63) is 70.2 Å². The van der Waals surface area contributed by atoms with Crippen molar-refractivity contribution in [3.63, 3.8) is 0 Å². The Morgan fingerprint density at radius 1 is 1.09 bits per heavy atom. The van der Waals surface area contributed by atoms with E-state index in [0.717, 1.165) is 30.2 Å². The second-order valence-corrected chi connectivity index (χ2v) is 5.43. The van der Waals surface area contributed by atoms with Gasteiger partial charge in [0.15, 0.2) is 0 Å². The van der Waals surface area contributed by atoms with Crippen LogP contribution in [0.15, 0.2) is 42.5 Å². The van der Waals surface area contributed by atoms with Crippen LogP contribution in [0.1, 0.15) is 24.0 Å². The predicted octanol–water partition coefficient (Wildman–Crippen LogP) is 4.26. The molecule has 1 amide bonds. The minimum Gasteiger partial charge on any atom is -0.352 e. The van der Waals surface area contributed by atoms with E-state index in [1.807, 2.05) is 24.3 Å². The van der Waals surface area contributed by atoms with Crippen LogP contribution in [0.5, 0.6) is 0 Å². The lowest BCUT2D eigenvalue weighted by Gasteiger charge is -2.07. The monoisotopic (exact) mass is 323 g/mol. The Bertz CT molecular complexity index is 644. The molecule has 1 N–H and O–H groups in total. The minimum absolute atomic E-state index is 0.0105. The van der Waals surface area contributed by atoms with Crippen molar-refractivity contribution in [2.75, 3.05) is 0 Å². The standard InChI is InChI=1S/C17H16ClF2NO/c18-14-6-4-12(5-7-14)2-1-3-17(22)21-11-13-10-15(19)8-9-16(13)20/h4-10H,1-3,11H2,(H,21,22). The van der Waals surface area contributed by atoms with Gasteiger partial charge in [0.1, 0.15) is 11.6 Å². The predicted molar refractivity (Wildman–Crippen MR) is 82.6 cm³/mol. The largest absolute Gasteiger partial charge is 0.352 e. The Morgan fingerprint density at radius 3 is 2.55 bits per heavy atom. The quantitative estimate of drug-likeness (QED) is 0.845. The molecule has 0 aliphatic rings. The average Bonchev–Trinajstić information content (AvgIpc) is 2.50. The summed E-state index contributed by atoms with van der Waals surface area (Å²) in [5.74, 6) is -1.23. The summed E-state index contributed by atoms with van der Waals surface area (Å²) in [5, 5.41) is 3.27. The lowest BCUT2D eigenvalue weighted by Crippen LogP contribution is -2.23. The van der Waals surface area contributed by atoms with Gasteiger partial charge in [-0.15, -0.1) is 0 Å². The molecule has 2 aromatic rings. The maximum atomic E-state index is 13.4. The van der Waals surface area contributed by atoms with E-state index in [0.29, 0.717) is 17.9 Å². The van der Waals surface area contributed by atoms with Gasteiger partial charge >= 0.3 is 0 Å². The number of benzene rings is 2. The summed E-state index contributed by atoms with van der Waals surface area (Å²) in [5.41, 5.74) is 1.25. The number of carbonyl (C=O) groups is 1. The third kappa shape index (κ3) is 5.11. The zero-order chi connectivity index (χ0) is 15.9. The van der Waals surface area contributed by atoms with Gasteiger partial charge in [-0.3, -0.25) is 4.79 Å². The van der Waals surface area contributed by atoms with E-state index in [9.17, 15) is 13.6 Å². The van der Waals surface area contributed by atoms with Crippen LogP contribution in [-0.4, -0.2) is 5.91 Å². The first-order chi connectivity index (χ1) is 10.5. The Balaban J connectivity index is 1.74. The molecule has 0 aliphatic heterocycles. The summed E-state index contributed by atoms with van der Waals surface area (Å²) in [6.07, 6.45) is 1.78. The molecule has 0 saturated carbocycles. The summed E-state index contributed by atoms with van der Waals surface area (Å²) in [7, 11) is 0. The van der Waals surface area contributed by atoms with Crippen LogP contribution in [0.2, 0.25) is 5.02 Å². The SMILES string of the molecule is O=C(CCCc1ccc(Cl)cc1)NCc1cc(F)ccc1F. The fraction of sp³-hybridized carbons (Fsp3) is 0.235. The Morgan fingerprint density at radius 2 is 1.82 bits per heavy atom. The van der Waals surface area contributed by atoms with Crippen molar-refractivity contribution in [2.24, 2.45) is 0 Å². The second-order valence-electron chi connectivity index (χ2n) is 4.99. The van der Waals surface area contributed by atoms with Crippen molar-refractivity contribution < 1.29 is 13.6 Å². The fourth-order valence-corrected chi connectivity index (χ4v) is 2.19. The van der Waals surface area contributed by atoms with Crippen LogP contribution < -0.4 is 5.32 Å². The van der Waals surface area contributed by atoms with Crippen LogP contribution in [0, 0.1) is 11.6 Å². The van der Waals surface area contributed by atoms with Gasteiger partial charge in [0.2, 0.25) is 5.91 Å². The van der Waals surface area contributed by atoms with Gasteiger partial charge in [-0.1, -0.05) is 23.7 Å². The minimum atomic E-state index is -0.525. The van der Waals surface area contributed by atoms with Crippen LogP contribution in [0.4, 0.5) is 8.78 Å². The number of aryl methyl sites for hydroxylation is 1. The van der Waals surface area contributed by atoms with E-state index >= 15 is 0 Å². The first-order valence-corrected chi connectivity index (χ1v) is 7.37. The molecule has 0 radical (unpaired) electrons. The molecule has 0 unspecified atom stereocenters. The summed E-state index contributed by atoms with van der Waals surface area (Å²) in [6, 6.07) is 10.6. The van der Waals surface area contributed by atoms with E-state index in [4.69, 9.17) is 11.6 Å². The highest BCUT2D eigenvalue weighted by atomic mass is 35.5. The molecule has 0 saturated heterocycles. The van der Waals surface area contributed by atoms with Crippen molar-refractivity contribution in [2.45, 2.75) is 25.8 Å². The fourth-order valence-electron chi connectivity index (χ4n) is 2.07. The number of hydrogen-bond acceptors (Lipinski definition) is 1. The van der Waals surface area contributed by atoms with Crippen molar-refractivity contribution in [1.29, 1.82) is 0 Å². The van der Waals surface area contributed by atoms with Crippen LogP contribution in [0.25, 0.3) is 0 Å². The Labute approximate surface area is 133 Å². The maximum Gasteiger partial charge on any atom is 0.220 e. The van der Waals surface area contributed by atoms with Gasteiger partial charge in [0, 0.05) is 23.6 Å². The summed E-state index contributed by atoms with van der Waals surface area (Å²) >= 11 is 5.80. The van der Waals surface area contributed by atoms with E-state index in [1.165, 1.54) is 0 Å². The molecule has 2 aromatic carbocycles. The molecule has 22 heavy (non-hydrogen) atoms. The van der Waals surface area contributed by atoms with Crippen molar-refractivity contribution in [3.8, 4) is 0 Å². The maximum absolute atomic E-state index is 13.4. The first kappa shape index (κ1) is 16.4. The summed E-state index contributed by atoms with van der Waals surface area (Å²) in [6.45, 7) is -0.0105. The van der Waals surface area contributed by atoms with Gasteiger partial charge < -0.3 is 5.32 Å². The van der Waals surface area contributed by atoms with Gasteiger partial charge in [-0.25, -0.2) is 8.78 Å². The molecular weight excluding hydrogens is 308 g/mol. The molecule has 2 nitrogen and oxygen atoms in total.